The van der Waals surface area contributed by atoms with Crippen LogP contribution in [-0.4, -0.2) is 17.7 Å². The number of carboxylic acid groups (broad SMARTS) is 1. The molecule has 1 N–H and O–H groups in total. The summed E-state index contributed by atoms with van der Waals surface area (Å²) in [5.41, 5.74) is 1.37. The number of ether oxygens (including phenoxy) is 1. The number of hydrogen-bond donors (Lipinski definition) is 1. The van der Waals surface area contributed by atoms with Crippen LogP contribution < -0.4 is 4.74 Å². The first-order valence-corrected chi connectivity index (χ1v) is 9.11. The van der Waals surface area contributed by atoms with E-state index < -0.39 is 5.97 Å². The minimum absolute atomic E-state index is 0.127. The Balaban J connectivity index is 1.94. The van der Waals surface area contributed by atoms with Gasteiger partial charge in [0.1, 0.15) is 5.75 Å². The summed E-state index contributed by atoms with van der Waals surface area (Å²) >= 11 is 0. The second kappa shape index (κ2) is 8.95. The van der Waals surface area contributed by atoms with Crippen LogP contribution in [0.25, 0.3) is 0 Å². The molecule has 1 aromatic rings. The van der Waals surface area contributed by atoms with Crippen molar-refractivity contribution in [2.24, 2.45) is 11.8 Å². The molecule has 1 atom stereocenters. The van der Waals surface area contributed by atoms with Crippen molar-refractivity contribution in [2.75, 3.05) is 6.61 Å². The Kier molecular flexibility index (Phi) is 6.94. The molecule has 1 aliphatic rings. The second-order valence-corrected chi connectivity index (χ2v) is 6.74. The van der Waals surface area contributed by atoms with E-state index in [1.54, 1.807) is 0 Å². The van der Waals surface area contributed by atoms with Crippen molar-refractivity contribution in [1.82, 2.24) is 0 Å². The Labute approximate surface area is 140 Å². The lowest BCUT2D eigenvalue weighted by molar-refractivity contribution is -0.143. The van der Waals surface area contributed by atoms with Gasteiger partial charge in [0.2, 0.25) is 0 Å². The van der Waals surface area contributed by atoms with E-state index in [1.807, 2.05) is 0 Å². The molecule has 1 saturated carbocycles. The van der Waals surface area contributed by atoms with E-state index in [2.05, 4.69) is 38.1 Å². The van der Waals surface area contributed by atoms with Crippen LogP contribution in [0.4, 0.5) is 0 Å². The van der Waals surface area contributed by atoms with Crippen LogP contribution in [0.5, 0.6) is 5.75 Å². The number of unbranched alkanes of at least 4 members (excludes halogenated alkanes) is 1. The fourth-order valence-corrected chi connectivity index (χ4v) is 3.76. The van der Waals surface area contributed by atoms with Gasteiger partial charge in [-0.25, -0.2) is 0 Å². The summed E-state index contributed by atoms with van der Waals surface area (Å²) in [5, 5.41) is 9.14. The summed E-state index contributed by atoms with van der Waals surface area (Å²) in [6.45, 7) is 5.18. The first-order valence-electron chi connectivity index (χ1n) is 9.11. The molecule has 1 unspecified atom stereocenters. The maximum absolute atomic E-state index is 11.1. The van der Waals surface area contributed by atoms with Gasteiger partial charge < -0.3 is 9.84 Å². The SMILES string of the molecule is CCCCOc1ccc(C(CC)C2CCC(C(=O)O)CC2)cc1. The minimum Gasteiger partial charge on any atom is -0.494 e. The molecule has 0 bridgehead atoms. The molecule has 3 heteroatoms. The maximum atomic E-state index is 11.1. The van der Waals surface area contributed by atoms with E-state index in [0.29, 0.717) is 11.8 Å². The molecule has 23 heavy (non-hydrogen) atoms. The number of rotatable bonds is 8. The molecule has 1 fully saturated rings. The zero-order valence-corrected chi connectivity index (χ0v) is 14.5. The van der Waals surface area contributed by atoms with E-state index in [-0.39, 0.29) is 5.92 Å². The van der Waals surface area contributed by atoms with Crippen molar-refractivity contribution in [3.05, 3.63) is 29.8 Å². The Morgan fingerprint density at radius 1 is 1.17 bits per heavy atom. The zero-order chi connectivity index (χ0) is 16.7. The van der Waals surface area contributed by atoms with Crippen LogP contribution >= 0.6 is 0 Å². The minimum atomic E-state index is -0.620. The smallest absolute Gasteiger partial charge is 0.306 e. The highest BCUT2D eigenvalue weighted by atomic mass is 16.5. The quantitative estimate of drug-likeness (QED) is 0.666. The molecule has 1 aromatic carbocycles. The predicted octanol–water partition coefficient (Wildman–Crippen LogP) is 5.25. The fraction of sp³-hybridized carbons (Fsp3) is 0.650. The van der Waals surface area contributed by atoms with Crippen LogP contribution in [0.2, 0.25) is 0 Å². The topological polar surface area (TPSA) is 46.5 Å². The van der Waals surface area contributed by atoms with Gasteiger partial charge in [-0.1, -0.05) is 32.4 Å². The maximum Gasteiger partial charge on any atom is 0.306 e. The van der Waals surface area contributed by atoms with Gasteiger partial charge in [-0.05, 0) is 68.1 Å². The van der Waals surface area contributed by atoms with E-state index in [4.69, 9.17) is 9.84 Å². The molecule has 0 heterocycles. The number of carboxylic acids is 1. The van der Waals surface area contributed by atoms with Gasteiger partial charge >= 0.3 is 5.97 Å². The van der Waals surface area contributed by atoms with E-state index in [1.165, 1.54) is 5.56 Å². The van der Waals surface area contributed by atoms with Crippen molar-refractivity contribution < 1.29 is 14.6 Å². The Morgan fingerprint density at radius 3 is 2.35 bits per heavy atom. The number of aliphatic carboxylic acids is 1. The highest BCUT2D eigenvalue weighted by Crippen LogP contribution is 2.40. The van der Waals surface area contributed by atoms with Gasteiger partial charge in [-0.2, -0.15) is 0 Å². The van der Waals surface area contributed by atoms with Gasteiger partial charge in [0.15, 0.2) is 0 Å². The van der Waals surface area contributed by atoms with Gasteiger partial charge in [-0.15, -0.1) is 0 Å². The first-order chi connectivity index (χ1) is 11.2. The van der Waals surface area contributed by atoms with Crippen molar-refractivity contribution in [1.29, 1.82) is 0 Å². The number of hydrogen-bond acceptors (Lipinski definition) is 2. The molecule has 0 aliphatic heterocycles. The highest BCUT2D eigenvalue weighted by Gasteiger charge is 2.30. The highest BCUT2D eigenvalue weighted by molar-refractivity contribution is 5.70. The molecule has 3 nitrogen and oxygen atoms in total. The normalized spacial score (nSPS) is 22.5. The molecule has 2 rings (SSSR count). The summed E-state index contributed by atoms with van der Waals surface area (Å²) in [4.78, 5) is 11.1. The summed E-state index contributed by atoms with van der Waals surface area (Å²) < 4.78 is 5.74. The van der Waals surface area contributed by atoms with Crippen molar-refractivity contribution in [2.45, 2.75) is 64.7 Å². The van der Waals surface area contributed by atoms with Crippen LogP contribution in [0.15, 0.2) is 24.3 Å². The van der Waals surface area contributed by atoms with Crippen LogP contribution in [-0.2, 0) is 4.79 Å². The number of carbonyl (C=O) groups is 1. The summed E-state index contributed by atoms with van der Waals surface area (Å²) in [5.74, 6) is 1.35. The molecule has 0 aromatic heterocycles. The van der Waals surface area contributed by atoms with Crippen molar-refractivity contribution >= 4 is 5.97 Å². The monoisotopic (exact) mass is 318 g/mol. The second-order valence-electron chi connectivity index (χ2n) is 6.74. The summed E-state index contributed by atoms with van der Waals surface area (Å²) in [6, 6.07) is 8.55. The molecule has 0 saturated heterocycles. The van der Waals surface area contributed by atoms with Crippen LogP contribution in [0.1, 0.15) is 70.3 Å². The summed E-state index contributed by atoms with van der Waals surface area (Å²) in [7, 11) is 0. The van der Waals surface area contributed by atoms with Gasteiger partial charge in [0.05, 0.1) is 12.5 Å². The third-order valence-corrected chi connectivity index (χ3v) is 5.20. The predicted molar refractivity (Wildman–Crippen MR) is 93.0 cm³/mol. The Hall–Kier alpha value is -1.51. The standard InChI is InChI=1S/C20H30O3/c1-3-5-14-23-18-12-10-16(11-13-18)19(4-2)15-6-8-17(9-7-15)20(21)22/h10-13,15,17,19H,3-9,14H2,1-2H3,(H,21,22). The molecular formula is C20H30O3. The molecular weight excluding hydrogens is 288 g/mol. The third-order valence-electron chi connectivity index (χ3n) is 5.20. The van der Waals surface area contributed by atoms with Crippen molar-refractivity contribution in [3.8, 4) is 5.75 Å². The van der Waals surface area contributed by atoms with Crippen LogP contribution in [0.3, 0.4) is 0 Å². The lowest BCUT2D eigenvalue weighted by Crippen LogP contribution is -2.24. The summed E-state index contributed by atoms with van der Waals surface area (Å²) in [6.07, 6.45) is 7.07. The lowest BCUT2D eigenvalue weighted by Gasteiger charge is -2.32. The van der Waals surface area contributed by atoms with Gasteiger partial charge in [-0.3, -0.25) is 4.79 Å². The largest absolute Gasteiger partial charge is 0.494 e. The van der Waals surface area contributed by atoms with Crippen LogP contribution in [0, 0.1) is 11.8 Å². The average Bonchev–Trinajstić information content (AvgIpc) is 2.57. The van der Waals surface area contributed by atoms with E-state index >= 15 is 0 Å². The average molecular weight is 318 g/mol. The molecule has 0 amide bonds. The molecule has 0 spiro atoms. The fourth-order valence-electron chi connectivity index (χ4n) is 3.76. The Bertz CT molecular complexity index is 472. The lowest BCUT2D eigenvalue weighted by atomic mass is 9.72. The zero-order valence-electron chi connectivity index (χ0n) is 14.5. The Morgan fingerprint density at radius 2 is 1.83 bits per heavy atom. The molecule has 1 aliphatic carbocycles. The van der Waals surface area contributed by atoms with Crippen molar-refractivity contribution in [3.63, 3.8) is 0 Å². The van der Waals surface area contributed by atoms with E-state index in [0.717, 1.165) is 57.3 Å². The number of benzene rings is 1. The van der Waals surface area contributed by atoms with E-state index in [9.17, 15) is 4.79 Å². The van der Waals surface area contributed by atoms with Gasteiger partial charge in [0.25, 0.3) is 0 Å². The van der Waals surface area contributed by atoms with Gasteiger partial charge in [0, 0.05) is 0 Å². The first kappa shape index (κ1) is 17.8. The molecule has 0 radical (unpaired) electrons. The molecule has 128 valence electrons. The third kappa shape index (κ3) is 4.98.